The molecule has 4 nitrogen and oxygen atoms in total. The number of nitrogen functional groups attached to an aromatic ring is 1. The molecular weight excluding hydrogens is 218 g/mol. The van der Waals surface area contributed by atoms with Crippen molar-refractivity contribution in [3.63, 3.8) is 0 Å². The van der Waals surface area contributed by atoms with Crippen LogP contribution in [0.15, 0.2) is 12.1 Å². The number of halogens is 2. The predicted octanol–water partition coefficient (Wildman–Crippen LogP) is 1.52. The Morgan fingerprint density at radius 1 is 1.50 bits per heavy atom. The van der Waals surface area contributed by atoms with E-state index in [2.05, 4.69) is 10.1 Å². The molecule has 0 amide bonds. The highest BCUT2D eigenvalue weighted by Gasteiger charge is 2.18. The van der Waals surface area contributed by atoms with Gasteiger partial charge in [0.2, 0.25) is 0 Å². The average Bonchev–Trinajstić information content (AvgIpc) is 2.28. The smallest absolute Gasteiger partial charge is 0.327 e. The van der Waals surface area contributed by atoms with Crippen LogP contribution in [0.5, 0.6) is 0 Å². The summed E-state index contributed by atoms with van der Waals surface area (Å²) in [5, 5.41) is 2.46. The Labute approximate surface area is 91.4 Å². The molecule has 0 saturated carbocycles. The molecule has 3 N–H and O–H groups in total. The maximum absolute atomic E-state index is 13.3. The largest absolute Gasteiger partial charge is 0.467 e. The Kier molecular flexibility index (Phi) is 3.65. The fourth-order valence-corrected chi connectivity index (χ4v) is 1.16. The van der Waals surface area contributed by atoms with Crippen LogP contribution in [0.25, 0.3) is 0 Å². The van der Waals surface area contributed by atoms with E-state index in [1.54, 1.807) is 0 Å². The van der Waals surface area contributed by atoms with E-state index in [1.165, 1.54) is 20.1 Å². The van der Waals surface area contributed by atoms with Gasteiger partial charge in [-0.15, -0.1) is 0 Å². The molecule has 1 unspecified atom stereocenters. The Morgan fingerprint density at radius 3 is 2.69 bits per heavy atom. The van der Waals surface area contributed by atoms with Crippen molar-refractivity contribution in [1.29, 1.82) is 0 Å². The van der Waals surface area contributed by atoms with Crippen LogP contribution in [-0.4, -0.2) is 19.1 Å². The number of rotatable bonds is 3. The molecule has 1 atom stereocenters. The zero-order chi connectivity index (χ0) is 12.3. The summed E-state index contributed by atoms with van der Waals surface area (Å²) in [7, 11) is 1.20. The lowest BCUT2D eigenvalue weighted by Crippen LogP contribution is -2.28. The normalized spacial score (nSPS) is 12.0. The third-order valence-corrected chi connectivity index (χ3v) is 2.04. The topological polar surface area (TPSA) is 64.3 Å². The van der Waals surface area contributed by atoms with Gasteiger partial charge in [-0.1, -0.05) is 0 Å². The van der Waals surface area contributed by atoms with Crippen molar-refractivity contribution >= 4 is 17.3 Å². The van der Waals surface area contributed by atoms with E-state index in [4.69, 9.17) is 5.73 Å². The van der Waals surface area contributed by atoms with Gasteiger partial charge in [-0.2, -0.15) is 0 Å². The summed E-state index contributed by atoms with van der Waals surface area (Å²) >= 11 is 0. The maximum atomic E-state index is 13.3. The van der Waals surface area contributed by atoms with E-state index in [9.17, 15) is 13.6 Å². The average molecular weight is 230 g/mol. The van der Waals surface area contributed by atoms with Crippen LogP contribution < -0.4 is 11.1 Å². The third-order valence-electron chi connectivity index (χ3n) is 2.04. The molecule has 0 fully saturated rings. The van der Waals surface area contributed by atoms with Crippen molar-refractivity contribution in [2.24, 2.45) is 0 Å². The number of nitrogens with two attached hydrogens (primary N) is 1. The minimum atomic E-state index is -1.12. The number of anilines is 2. The number of benzene rings is 1. The second kappa shape index (κ2) is 4.78. The minimum absolute atomic E-state index is 0.0228. The number of methoxy groups -OCH3 is 1. The van der Waals surface area contributed by atoms with Crippen LogP contribution in [0.2, 0.25) is 0 Å². The predicted molar refractivity (Wildman–Crippen MR) is 55.9 cm³/mol. The van der Waals surface area contributed by atoms with Gasteiger partial charge in [-0.25, -0.2) is 13.6 Å². The zero-order valence-electron chi connectivity index (χ0n) is 8.88. The Bertz CT molecular complexity index is 410. The highest BCUT2D eigenvalue weighted by atomic mass is 19.2. The number of nitrogens with one attached hydrogen (secondary N) is 1. The summed E-state index contributed by atoms with van der Waals surface area (Å²) < 4.78 is 30.7. The fourth-order valence-electron chi connectivity index (χ4n) is 1.16. The Morgan fingerprint density at radius 2 is 2.12 bits per heavy atom. The van der Waals surface area contributed by atoms with E-state index in [0.717, 1.165) is 6.07 Å². The van der Waals surface area contributed by atoms with E-state index in [1.807, 2.05) is 0 Å². The zero-order valence-corrected chi connectivity index (χ0v) is 8.88. The third kappa shape index (κ3) is 2.39. The first-order valence-electron chi connectivity index (χ1n) is 4.55. The molecule has 1 rings (SSSR count). The van der Waals surface area contributed by atoms with Gasteiger partial charge in [0.1, 0.15) is 6.04 Å². The quantitative estimate of drug-likeness (QED) is 0.610. The minimum Gasteiger partial charge on any atom is -0.467 e. The first kappa shape index (κ1) is 12.2. The molecule has 16 heavy (non-hydrogen) atoms. The highest BCUT2D eigenvalue weighted by Crippen LogP contribution is 2.25. The van der Waals surface area contributed by atoms with Gasteiger partial charge < -0.3 is 15.8 Å². The number of esters is 1. The van der Waals surface area contributed by atoms with Crippen LogP contribution in [0.3, 0.4) is 0 Å². The molecule has 0 aliphatic carbocycles. The molecule has 0 aromatic heterocycles. The van der Waals surface area contributed by atoms with Crippen LogP contribution in [0, 0.1) is 11.6 Å². The lowest BCUT2D eigenvalue weighted by molar-refractivity contribution is -0.141. The SMILES string of the molecule is COC(=O)C(C)Nc1c(N)ccc(F)c1F. The van der Waals surface area contributed by atoms with Crippen molar-refractivity contribution in [3.8, 4) is 0 Å². The number of hydrogen-bond acceptors (Lipinski definition) is 4. The van der Waals surface area contributed by atoms with Crippen molar-refractivity contribution in [3.05, 3.63) is 23.8 Å². The van der Waals surface area contributed by atoms with Gasteiger partial charge in [0.25, 0.3) is 0 Å². The first-order chi connectivity index (χ1) is 7.47. The van der Waals surface area contributed by atoms with Gasteiger partial charge in [0, 0.05) is 0 Å². The molecule has 0 heterocycles. The van der Waals surface area contributed by atoms with Gasteiger partial charge in [0.05, 0.1) is 18.5 Å². The van der Waals surface area contributed by atoms with Crippen LogP contribution in [-0.2, 0) is 9.53 Å². The molecule has 0 aliphatic heterocycles. The summed E-state index contributed by atoms with van der Waals surface area (Å²) in [6.07, 6.45) is 0. The molecule has 88 valence electrons. The summed E-state index contributed by atoms with van der Waals surface area (Å²) in [4.78, 5) is 11.1. The van der Waals surface area contributed by atoms with Crippen molar-refractivity contribution in [1.82, 2.24) is 0 Å². The Balaban J connectivity index is 2.97. The van der Waals surface area contributed by atoms with Crippen LogP contribution in [0.4, 0.5) is 20.2 Å². The number of ether oxygens (including phenoxy) is 1. The Hall–Kier alpha value is -1.85. The summed E-state index contributed by atoms with van der Waals surface area (Å²) in [6, 6.07) is 1.31. The molecule has 1 aromatic rings. The molecule has 0 radical (unpaired) electrons. The summed E-state index contributed by atoms with van der Waals surface area (Å²) in [5.74, 6) is -2.74. The number of carbonyl (C=O) groups is 1. The lowest BCUT2D eigenvalue weighted by atomic mass is 10.2. The molecule has 0 saturated heterocycles. The monoisotopic (exact) mass is 230 g/mol. The second-order valence-electron chi connectivity index (χ2n) is 3.21. The molecule has 0 spiro atoms. The van der Waals surface area contributed by atoms with Gasteiger partial charge in [-0.3, -0.25) is 0 Å². The van der Waals surface area contributed by atoms with Crippen molar-refractivity contribution in [2.45, 2.75) is 13.0 Å². The molecular formula is C10H12F2N2O2. The molecule has 1 aromatic carbocycles. The molecule has 6 heteroatoms. The first-order valence-corrected chi connectivity index (χ1v) is 4.55. The summed E-state index contributed by atoms with van der Waals surface area (Å²) in [5.41, 5.74) is 5.24. The number of carbonyl (C=O) groups excluding carboxylic acids is 1. The number of hydrogen-bond donors (Lipinski definition) is 2. The maximum Gasteiger partial charge on any atom is 0.327 e. The molecule has 0 aliphatic rings. The van der Waals surface area contributed by atoms with Gasteiger partial charge >= 0.3 is 5.97 Å². The van der Waals surface area contributed by atoms with E-state index in [0.29, 0.717) is 0 Å². The molecule has 0 bridgehead atoms. The van der Waals surface area contributed by atoms with E-state index < -0.39 is 23.6 Å². The summed E-state index contributed by atoms with van der Waals surface area (Å²) in [6.45, 7) is 1.45. The van der Waals surface area contributed by atoms with E-state index >= 15 is 0 Å². The second-order valence-corrected chi connectivity index (χ2v) is 3.21. The highest BCUT2D eigenvalue weighted by molar-refractivity contribution is 5.80. The van der Waals surface area contributed by atoms with E-state index in [-0.39, 0.29) is 11.4 Å². The van der Waals surface area contributed by atoms with Crippen LogP contribution in [0.1, 0.15) is 6.92 Å². The van der Waals surface area contributed by atoms with Gasteiger partial charge in [0.15, 0.2) is 11.6 Å². The van der Waals surface area contributed by atoms with Gasteiger partial charge in [-0.05, 0) is 19.1 Å². The van der Waals surface area contributed by atoms with Crippen molar-refractivity contribution < 1.29 is 18.3 Å². The fraction of sp³-hybridized carbons (Fsp3) is 0.300. The van der Waals surface area contributed by atoms with Crippen molar-refractivity contribution in [2.75, 3.05) is 18.2 Å². The standard InChI is InChI=1S/C10H12F2N2O2/c1-5(10(15)16-2)14-9-7(13)4-3-6(11)8(9)12/h3-5,14H,13H2,1-2H3. The lowest BCUT2D eigenvalue weighted by Gasteiger charge is -2.15. The van der Waals surface area contributed by atoms with Crippen LogP contribution >= 0.6 is 0 Å².